The van der Waals surface area contributed by atoms with Crippen molar-refractivity contribution in [3.63, 3.8) is 0 Å². The van der Waals surface area contributed by atoms with E-state index in [4.69, 9.17) is 10.00 Å². The lowest BCUT2D eigenvalue weighted by Gasteiger charge is -2.23. The molecule has 0 bridgehead atoms. The largest absolute Gasteiger partial charge is 0.490 e. The Labute approximate surface area is 187 Å². The molecule has 32 heavy (non-hydrogen) atoms. The van der Waals surface area contributed by atoms with E-state index >= 15 is 0 Å². The number of rotatable bonds is 8. The standard InChI is InChI=1S/C25H23N5O2/c26-15-7-8-17-32-23-14-9-16-27-24(23)28-25(31)21-18-22(19-10-3-1-4-11-19)30(29-21)20-12-5-2-6-13-20/h1-6,9-14,16,22H,7-8,17-18H2,(H,27,28,31). The van der Waals surface area contributed by atoms with Crippen LogP contribution in [0.3, 0.4) is 0 Å². The Kier molecular flexibility index (Phi) is 6.73. The van der Waals surface area contributed by atoms with Gasteiger partial charge in [0.15, 0.2) is 11.6 Å². The number of nitriles is 1. The van der Waals surface area contributed by atoms with E-state index in [0.29, 0.717) is 43.1 Å². The molecule has 0 saturated heterocycles. The van der Waals surface area contributed by atoms with Gasteiger partial charge in [0.2, 0.25) is 0 Å². The van der Waals surface area contributed by atoms with Gasteiger partial charge in [0.05, 0.1) is 24.4 Å². The van der Waals surface area contributed by atoms with Gasteiger partial charge in [-0.3, -0.25) is 9.80 Å². The van der Waals surface area contributed by atoms with Crippen LogP contribution in [-0.4, -0.2) is 23.2 Å². The fraction of sp³-hybridized carbons (Fsp3) is 0.200. The van der Waals surface area contributed by atoms with Crippen molar-refractivity contribution in [2.24, 2.45) is 5.10 Å². The molecule has 7 heteroatoms. The number of anilines is 2. The number of carbonyl (C=O) groups is 1. The molecule has 2 aromatic carbocycles. The van der Waals surface area contributed by atoms with E-state index in [1.807, 2.05) is 65.7 Å². The van der Waals surface area contributed by atoms with E-state index < -0.39 is 0 Å². The van der Waals surface area contributed by atoms with Gasteiger partial charge in [0, 0.05) is 19.0 Å². The fourth-order valence-corrected chi connectivity index (χ4v) is 3.51. The van der Waals surface area contributed by atoms with E-state index in [0.717, 1.165) is 11.3 Å². The van der Waals surface area contributed by atoms with Crippen LogP contribution in [0.2, 0.25) is 0 Å². The number of hydrogen-bond donors (Lipinski definition) is 1. The number of nitrogens with one attached hydrogen (secondary N) is 1. The van der Waals surface area contributed by atoms with Gasteiger partial charge >= 0.3 is 0 Å². The number of nitrogens with zero attached hydrogens (tertiary/aromatic N) is 4. The van der Waals surface area contributed by atoms with Crippen LogP contribution in [0.4, 0.5) is 11.5 Å². The minimum absolute atomic E-state index is 0.0789. The molecule has 1 aliphatic heterocycles. The van der Waals surface area contributed by atoms with Crippen molar-refractivity contribution in [1.82, 2.24) is 4.98 Å². The molecular weight excluding hydrogens is 402 g/mol. The molecule has 0 radical (unpaired) electrons. The van der Waals surface area contributed by atoms with E-state index in [-0.39, 0.29) is 11.9 Å². The minimum Gasteiger partial charge on any atom is -0.490 e. The van der Waals surface area contributed by atoms with Gasteiger partial charge in [0.1, 0.15) is 5.71 Å². The molecule has 0 fully saturated rings. The lowest BCUT2D eigenvalue weighted by atomic mass is 10.0. The third-order valence-electron chi connectivity index (χ3n) is 5.07. The number of pyridine rings is 1. The second-order valence-corrected chi connectivity index (χ2v) is 7.27. The van der Waals surface area contributed by atoms with Gasteiger partial charge in [0.25, 0.3) is 5.91 Å². The number of unbranched alkanes of at least 4 members (excludes halogenated alkanes) is 1. The molecule has 1 aromatic heterocycles. The predicted octanol–water partition coefficient (Wildman–Crippen LogP) is 4.71. The maximum absolute atomic E-state index is 13.1. The summed E-state index contributed by atoms with van der Waals surface area (Å²) >= 11 is 0. The number of aromatic nitrogens is 1. The third-order valence-corrected chi connectivity index (χ3v) is 5.07. The Morgan fingerprint density at radius 2 is 1.84 bits per heavy atom. The molecule has 4 rings (SSSR count). The quantitative estimate of drug-likeness (QED) is 0.528. The summed E-state index contributed by atoms with van der Waals surface area (Å²) in [6.07, 6.45) is 3.08. The first-order chi connectivity index (χ1) is 15.8. The zero-order chi connectivity index (χ0) is 22.2. The second kappa shape index (κ2) is 10.2. The Morgan fingerprint density at radius 1 is 1.09 bits per heavy atom. The number of benzene rings is 2. The highest BCUT2D eigenvalue weighted by molar-refractivity contribution is 6.43. The molecule has 0 spiro atoms. The zero-order valence-corrected chi connectivity index (χ0v) is 17.5. The summed E-state index contributed by atoms with van der Waals surface area (Å²) < 4.78 is 5.71. The van der Waals surface area contributed by atoms with Crippen molar-refractivity contribution in [2.45, 2.75) is 25.3 Å². The van der Waals surface area contributed by atoms with Crippen LogP contribution in [0.5, 0.6) is 5.75 Å². The van der Waals surface area contributed by atoms with Crippen molar-refractivity contribution >= 4 is 23.1 Å². The Morgan fingerprint density at radius 3 is 2.59 bits per heavy atom. The fourth-order valence-electron chi connectivity index (χ4n) is 3.51. The van der Waals surface area contributed by atoms with E-state index in [1.165, 1.54) is 0 Å². The van der Waals surface area contributed by atoms with E-state index in [9.17, 15) is 4.79 Å². The van der Waals surface area contributed by atoms with Gasteiger partial charge in [-0.15, -0.1) is 0 Å². The molecule has 1 atom stereocenters. The summed E-state index contributed by atoms with van der Waals surface area (Å²) in [4.78, 5) is 17.3. The van der Waals surface area contributed by atoms with Crippen LogP contribution >= 0.6 is 0 Å². The normalized spacial score (nSPS) is 15.0. The van der Waals surface area contributed by atoms with Crippen molar-refractivity contribution in [1.29, 1.82) is 5.26 Å². The number of amides is 1. The van der Waals surface area contributed by atoms with Crippen LogP contribution in [0.25, 0.3) is 0 Å². The maximum Gasteiger partial charge on any atom is 0.273 e. The Balaban J connectivity index is 1.53. The second-order valence-electron chi connectivity index (χ2n) is 7.27. The molecule has 7 nitrogen and oxygen atoms in total. The lowest BCUT2D eigenvalue weighted by Crippen LogP contribution is -2.23. The van der Waals surface area contributed by atoms with Crippen LogP contribution in [-0.2, 0) is 4.79 Å². The summed E-state index contributed by atoms with van der Waals surface area (Å²) in [6, 6.07) is 25.3. The molecule has 2 heterocycles. The molecule has 1 N–H and O–H groups in total. The molecule has 160 valence electrons. The molecule has 3 aromatic rings. The third kappa shape index (κ3) is 4.93. The maximum atomic E-state index is 13.1. The van der Waals surface area contributed by atoms with Crippen LogP contribution in [0, 0.1) is 11.3 Å². The minimum atomic E-state index is -0.315. The van der Waals surface area contributed by atoms with Crippen LogP contribution < -0.4 is 15.1 Å². The number of carbonyl (C=O) groups excluding carboxylic acids is 1. The van der Waals surface area contributed by atoms with Crippen molar-refractivity contribution < 1.29 is 9.53 Å². The first-order valence-electron chi connectivity index (χ1n) is 10.5. The van der Waals surface area contributed by atoms with Gasteiger partial charge in [-0.05, 0) is 36.2 Å². The summed E-state index contributed by atoms with van der Waals surface area (Å²) in [7, 11) is 0. The first kappa shape index (κ1) is 21.1. The highest BCUT2D eigenvalue weighted by atomic mass is 16.5. The highest BCUT2D eigenvalue weighted by Gasteiger charge is 2.32. The van der Waals surface area contributed by atoms with Gasteiger partial charge in [-0.25, -0.2) is 4.98 Å². The SMILES string of the molecule is N#CCCCOc1cccnc1NC(=O)C1=NN(c2ccccc2)C(c2ccccc2)C1. The Bertz CT molecular complexity index is 1130. The number of para-hydroxylation sites is 1. The van der Waals surface area contributed by atoms with Crippen LogP contribution in [0.1, 0.15) is 30.9 Å². The van der Waals surface area contributed by atoms with Gasteiger partial charge < -0.3 is 10.1 Å². The average molecular weight is 425 g/mol. The highest BCUT2D eigenvalue weighted by Crippen LogP contribution is 2.35. The van der Waals surface area contributed by atoms with Gasteiger partial charge in [-0.1, -0.05) is 48.5 Å². The number of ether oxygens (including phenoxy) is 1. The summed E-state index contributed by atoms with van der Waals surface area (Å²) in [5.41, 5.74) is 2.43. The zero-order valence-electron chi connectivity index (χ0n) is 17.5. The van der Waals surface area contributed by atoms with E-state index in [1.54, 1.807) is 18.3 Å². The molecular formula is C25H23N5O2. The monoisotopic (exact) mass is 425 g/mol. The molecule has 0 aliphatic carbocycles. The van der Waals surface area contributed by atoms with Crippen molar-refractivity contribution in [3.8, 4) is 11.8 Å². The van der Waals surface area contributed by atoms with Gasteiger partial charge in [-0.2, -0.15) is 10.4 Å². The summed E-state index contributed by atoms with van der Waals surface area (Å²) in [5, 5.41) is 18.1. The summed E-state index contributed by atoms with van der Waals surface area (Å²) in [5.74, 6) is 0.494. The van der Waals surface area contributed by atoms with Crippen molar-refractivity contribution in [3.05, 3.63) is 84.6 Å². The average Bonchev–Trinajstić information content (AvgIpc) is 3.30. The topological polar surface area (TPSA) is 90.6 Å². The molecule has 1 unspecified atom stereocenters. The predicted molar refractivity (Wildman–Crippen MR) is 123 cm³/mol. The Hall–Kier alpha value is -4.18. The van der Waals surface area contributed by atoms with Crippen LogP contribution in [0.15, 0.2) is 84.1 Å². The first-order valence-corrected chi connectivity index (χ1v) is 10.5. The van der Waals surface area contributed by atoms with Crippen molar-refractivity contribution in [2.75, 3.05) is 16.9 Å². The smallest absolute Gasteiger partial charge is 0.273 e. The summed E-state index contributed by atoms with van der Waals surface area (Å²) in [6.45, 7) is 0.376. The lowest BCUT2D eigenvalue weighted by molar-refractivity contribution is -0.110. The molecule has 1 aliphatic rings. The molecule has 0 saturated carbocycles. The number of hydrogen-bond acceptors (Lipinski definition) is 6. The van der Waals surface area contributed by atoms with E-state index in [2.05, 4.69) is 21.5 Å². The molecule has 1 amide bonds. The number of hydrazone groups is 1.